The van der Waals surface area contributed by atoms with Gasteiger partial charge in [-0.1, -0.05) is 13.8 Å². The normalized spacial score (nSPS) is 18.8. The second-order valence-electron chi connectivity index (χ2n) is 6.67. The Hall–Kier alpha value is -2.44. The molecule has 0 radical (unpaired) electrons. The zero-order chi connectivity index (χ0) is 18.5. The van der Waals surface area contributed by atoms with Crippen LogP contribution in [0.4, 0.5) is 10.5 Å². The summed E-state index contributed by atoms with van der Waals surface area (Å²) < 4.78 is 11.1. The van der Waals surface area contributed by atoms with Crippen molar-refractivity contribution < 1.29 is 19.1 Å². The van der Waals surface area contributed by atoms with Crippen LogP contribution in [0, 0.1) is 0 Å². The molecule has 142 valence electrons. The molecule has 0 aromatic heterocycles. The van der Waals surface area contributed by atoms with E-state index in [4.69, 9.17) is 9.47 Å². The Bertz CT molecular complexity index is 658. The van der Waals surface area contributed by atoms with Crippen LogP contribution in [0.1, 0.15) is 33.1 Å². The Morgan fingerprint density at radius 1 is 1.19 bits per heavy atom. The molecular formula is C19H27N3O4. The van der Waals surface area contributed by atoms with Gasteiger partial charge < -0.3 is 24.6 Å². The van der Waals surface area contributed by atoms with Crippen molar-refractivity contribution in [1.29, 1.82) is 0 Å². The summed E-state index contributed by atoms with van der Waals surface area (Å²) >= 11 is 0. The maximum atomic E-state index is 12.5. The summed E-state index contributed by atoms with van der Waals surface area (Å²) in [6.07, 6.45) is 2.15. The number of nitrogens with one attached hydrogen (secondary N) is 1. The first-order valence-electron chi connectivity index (χ1n) is 9.37. The number of amides is 3. The summed E-state index contributed by atoms with van der Waals surface area (Å²) in [5, 5.41) is 3.01. The summed E-state index contributed by atoms with van der Waals surface area (Å²) in [4.78, 5) is 28.4. The van der Waals surface area contributed by atoms with E-state index in [-0.39, 0.29) is 18.0 Å². The Kier molecular flexibility index (Phi) is 5.85. The third-order valence-electron chi connectivity index (χ3n) is 4.56. The maximum absolute atomic E-state index is 12.5. The molecule has 3 rings (SSSR count). The molecule has 1 atom stereocenters. The second kappa shape index (κ2) is 8.29. The molecule has 0 bridgehead atoms. The third-order valence-corrected chi connectivity index (χ3v) is 4.56. The molecule has 0 spiro atoms. The number of fused-ring (bicyclic) bond motifs is 1. The van der Waals surface area contributed by atoms with Gasteiger partial charge in [0.1, 0.15) is 13.2 Å². The minimum atomic E-state index is -0.181. The SMILES string of the molecule is CCCN(CCC)C(=O)N[C@H]1CC(=O)N(c2ccc3c(c2)OCCO3)C1. The number of rotatable bonds is 6. The van der Waals surface area contributed by atoms with Gasteiger partial charge >= 0.3 is 6.03 Å². The van der Waals surface area contributed by atoms with Gasteiger partial charge in [0.05, 0.1) is 6.04 Å². The van der Waals surface area contributed by atoms with E-state index in [1.807, 2.05) is 23.1 Å². The van der Waals surface area contributed by atoms with Crippen LogP contribution in [0.5, 0.6) is 11.5 Å². The molecule has 1 aromatic rings. The van der Waals surface area contributed by atoms with Crippen molar-refractivity contribution in [3.63, 3.8) is 0 Å². The first-order chi connectivity index (χ1) is 12.6. The molecule has 2 aliphatic rings. The van der Waals surface area contributed by atoms with E-state index < -0.39 is 0 Å². The molecule has 0 unspecified atom stereocenters. The molecule has 1 N–H and O–H groups in total. The van der Waals surface area contributed by atoms with Gasteiger partial charge in [-0.3, -0.25) is 4.79 Å². The summed E-state index contributed by atoms with van der Waals surface area (Å²) in [7, 11) is 0. The molecule has 7 heteroatoms. The smallest absolute Gasteiger partial charge is 0.317 e. The zero-order valence-corrected chi connectivity index (χ0v) is 15.5. The Labute approximate surface area is 154 Å². The molecule has 7 nitrogen and oxygen atoms in total. The highest BCUT2D eigenvalue weighted by Gasteiger charge is 2.33. The molecule has 0 saturated carbocycles. The van der Waals surface area contributed by atoms with Crippen molar-refractivity contribution in [3.8, 4) is 11.5 Å². The number of anilines is 1. The van der Waals surface area contributed by atoms with Crippen molar-refractivity contribution in [1.82, 2.24) is 10.2 Å². The number of urea groups is 1. The van der Waals surface area contributed by atoms with Crippen LogP contribution < -0.4 is 19.7 Å². The van der Waals surface area contributed by atoms with Crippen molar-refractivity contribution in [2.45, 2.75) is 39.2 Å². The largest absolute Gasteiger partial charge is 0.486 e. The van der Waals surface area contributed by atoms with Crippen molar-refractivity contribution >= 4 is 17.6 Å². The molecule has 2 heterocycles. The molecule has 26 heavy (non-hydrogen) atoms. The highest BCUT2D eigenvalue weighted by Crippen LogP contribution is 2.35. The van der Waals surface area contributed by atoms with Gasteiger partial charge in [0.2, 0.25) is 5.91 Å². The molecule has 3 amide bonds. The lowest BCUT2D eigenvalue weighted by Crippen LogP contribution is -2.46. The van der Waals surface area contributed by atoms with E-state index in [0.29, 0.717) is 37.7 Å². The topological polar surface area (TPSA) is 71.1 Å². The quantitative estimate of drug-likeness (QED) is 0.845. The van der Waals surface area contributed by atoms with E-state index in [1.54, 1.807) is 4.90 Å². The lowest BCUT2D eigenvalue weighted by atomic mass is 10.2. The zero-order valence-electron chi connectivity index (χ0n) is 15.5. The summed E-state index contributed by atoms with van der Waals surface area (Å²) in [5.41, 5.74) is 0.773. The number of ether oxygens (including phenoxy) is 2. The van der Waals surface area contributed by atoms with Gasteiger partial charge in [-0.05, 0) is 25.0 Å². The fraction of sp³-hybridized carbons (Fsp3) is 0.579. The molecule has 1 fully saturated rings. The summed E-state index contributed by atoms with van der Waals surface area (Å²) in [5.74, 6) is 1.36. The van der Waals surface area contributed by atoms with Crippen LogP contribution in [0.15, 0.2) is 18.2 Å². The van der Waals surface area contributed by atoms with Crippen LogP contribution in [0.3, 0.4) is 0 Å². The van der Waals surface area contributed by atoms with Crippen LogP contribution in [0.2, 0.25) is 0 Å². The van der Waals surface area contributed by atoms with Gasteiger partial charge in [-0.25, -0.2) is 4.79 Å². The van der Waals surface area contributed by atoms with E-state index in [1.165, 1.54) is 0 Å². The highest BCUT2D eigenvalue weighted by atomic mass is 16.6. The second-order valence-corrected chi connectivity index (χ2v) is 6.67. The minimum Gasteiger partial charge on any atom is -0.486 e. The maximum Gasteiger partial charge on any atom is 0.317 e. The van der Waals surface area contributed by atoms with E-state index >= 15 is 0 Å². The van der Waals surface area contributed by atoms with Crippen LogP contribution in [-0.4, -0.2) is 55.7 Å². The standard InChI is InChI=1S/C19H27N3O4/c1-3-7-21(8-4-2)19(24)20-14-11-18(23)22(13-14)15-5-6-16-17(12-15)26-10-9-25-16/h5-6,12,14H,3-4,7-11,13H2,1-2H3,(H,20,24)/t14-/m0/s1. The molecule has 1 aromatic carbocycles. The number of carbonyl (C=O) groups excluding carboxylic acids is 2. The number of nitrogens with zero attached hydrogens (tertiary/aromatic N) is 2. The Morgan fingerprint density at radius 2 is 1.88 bits per heavy atom. The van der Waals surface area contributed by atoms with Gasteiger partial charge in [0, 0.05) is 37.8 Å². The average molecular weight is 361 g/mol. The average Bonchev–Trinajstić information content (AvgIpc) is 3.01. The van der Waals surface area contributed by atoms with Gasteiger partial charge in [-0.15, -0.1) is 0 Å². The van der Waals surface area contributed by atoms with Crippen molar-refractivity contribution in [2.24, 2.45) is 0 Å². The fourth-order valence-electron chi connectivity index (χ4n) is 3.37. The van der Waals surface area contributed by atoms with Crippen LogP contribution >= 0.6 is 0 Å². The molecule has 0 aliphatic carbocycles. The summed E-state index contributed by atoms with van der Waals surface area (Å²) in [6.45, 7) is 7.08. The van der Waals surface area contributed by atoms with Crippen molar-refractivity contribution in [2.75, 3.05) is 37.7 Å². The molecule has 2 aliphatic heterocycles. The first-order valence-corrected chi connectivity index (χ1v) is 9.37. The molecular weight excluding hydrogens is 334 g/mol. The fourth-order valence-corrected chi connectivity index (χ4v) is 3.37. The number of hydrogen-bond donors (Lipinski definition) is 1. The predicted octanol–water partition coefficient (Wildman–Crippen LogP) is 2.39. The van der Waals surface area contributed by atoms with Gasteiger partial charge in [-0.2, -0.15) is 0 Å². The van der Waals surface area contributed by atoms with E-state index in [9.17, 15) is 9.59 Å². The number of hydrogen-bond acceptors (Lipinski definition) is 4. The van der Waals surface area contributed by atoms with E-state index in [0.717, 1.165) is 31.6 Å². The minimum absolute atomic E-state index is 0.00418. The Balaban J connectivity index is 1.64. The van der Waals surface area contributed by atoms with E-state index in [2.05, 4.69) is 19.2 Å². The monoisotopic (exact) mass is 361 g/mol. The molecule has 1 saturated heterocycles. The predicted molar refractivity (Wildman–Crippen MR) is 98.9 cm³/mol. The summed E-state index contributed by atoms with van der Waals surface area (Å²) in [6, 6.07) is 5.25. The number of carbonyl (C=O) groups is 2. The van der Waals surface area contributed by atoms with Gasteiger partial charge in [0.25, 0.3) is 0 Å². The van der Waals surface area contributed by atoms with Crippen molar-refractivity contribution in [3.05, 3.63) is 18.2 Å². The van der Waals surface area contributed by atoms with Crippen LogP contribution in [0.25, 0.3) is 0 Å². The Morgan fingerprint density at radius 3 is 2.58 bits per heavy atom. The number of benzene rings is 1. The third kappa shape index (κ3) is 4.03. The van der Waals surface area contributed by atoms with Gasteiger partial charge in [0.15, 0.2) is 11.5 Å². The lowest BCUT2D eigenvalue weighted by Gasteiger charge is -2.24. The lowest BCUT2D eigenvalue weighted by molar-refractivity contribution is -0.117. The van der Waals surface area contributed by atoms with Crippen LogP contribution in [-0.2, 0) is 4.79 Å². The first kappa shape index (κ1) is 18.4. The highest BCUT2D eigenvalue weighted by molar-refractivity contribution is 5.97.